The average Bonchev–Trinajstić information content (AvgIpc) is 3.30. The van der Waals surface area contributed by atoms with Gasteiger partial charge in [-0.1, -0.05) is 23.8 Å². The molecule has 1 heterocycles. The number of aryl methyl sites for hydroxylation is 4. The Kier molecular flexibility index (Phi) is 9.85. The van der Waals surface area contributed by atoms with Crippen molar-refractivity contribution in [3.63, 3.8) is 0 Å². The van der Waals surface area contributed by atoms with Crippen LogP contribution in [0.1, 0.15) is 75.3 Å². The molecule has 4 rings (SSSR count). The zero-order valence-electron chi connectivity index (χ0n) is 24.3. The van der Waals surface area contributed by atoms with Gasteiger partial charge in [0, 0.05) is 4.88 Å². The van der Waals surface area contributed by atoms with E-state index in [2.05, 4.69) is 38.2 Å². The van der Waals surface area contributed by atoms with Crippen molar-refractivity contribution < 1.29 is 23.8 Å². The third-order valence-electron chi connectivity index (χ3n) is 7.03. The number of carbonyl (C=O) groups excluding carboxylic acids is 2. The minimum Gasteiger partial charge on any atom is -0.490 e. The molecule has 0 fully saturated rings. The molecule has 3 aromatic rings. The number of thiophene rings is 1. The summed E-state index contributed by atoms with van der Waals surface area (Å²) in [6.07, 6.45) is 5.17. The van der Waals surface area contributed by atoms with E-state index in [1.165, 1.54) is 34.1 Å². The number of carbonyl (C=O) groups is 2. The first-order valence-electron chi connectivity index (χ1n) is 14.0. The lowest BCUT2D eigenvalue weighted by Crippen LogP contribution is -2.16. The monoisotopic (exact) mass is 572 g/mol. The summed E-state index contributed by atoms with van der Waals surface area (Å²) in [6.45, 7) is 10.9. The third-order valence-corrected chi connectivity index (χ3v) is 8.24. The maximum Gasteiger partial charge on any atom is 0.341 e. The van der Waals surface area contributed by atoms with Gasteiger partial charge in [-0.05, 0) is 106 Å². The van der Waals surface area contributed by atoms with Crippen LogP contribution in [0.15, 0.2) is 35.9 Å². The van der Waals surface area contributed by atoms with Crippen LogP contribution >= 0.6 is 11.3 Å². The highest BCUT2D eigenvalue weighted by molar-refractivity contribution is 7.17. The Balaban J connectivity index is 1.57. The van der Waals surface area contributed by atoms with Crippen molar-refractivity contribution in [3.05, 3.63) is 79.7 Å². The molecule has 0 atom stereocenters. The smallest absolute Gasteiger partial charge is 0.341 e. The third kappa shape index (κ3) is 6.98. The number of benzene rings is 2. The second-order valence-corrected chi connectivity index (χ2v) is 11.2. The average molecular weight is 573 g/mol. The molecule has 0 unspecified atom stereocenters. The van der Waals surface area contributed by atoms with Gasteiger partial charge in [-0.2, -0.15) is 5.26 Å². The second kappa shape index (κ2) is 13.5. The molecule has 1 aromatic heterocycles. The van der Waals surface area contributed by atoms with Gasteiger partial charge in [0.2, 0.25) is 0 Å². The number of hydrogen-bond donors (Lipinski definition) is 1. The van der Waals surface area contributed by atoms with Crippen LogP contribution in [-0.2, 0) is 29.0 Å². The molecule has 8 heteroatoms. The standard InChI is InChI=1S/C33H36N2O5S/c1-6-38-28-17-23(12-13-27(28)40-19-26-21(4)14-20(3)15-22(26)5)16-24(18-34)31(36)35-32-30(33(37)39-7-2)25-10-8-9-11-29(25)41-32/h12-17H,6-11,19H2,1-5H3,(H,35,36)/b24-16+. The number of nitriles is 1. The van der Waals surface area contributed by atoms with Gasteiger partial charge in [0.25, 0.3) is 5.91 Å². The van der Waals surface area contributed by atoms with E-state index in [1.54, 1.807) is 25.1 Å². The van der Waals surface area contributed by atoms with Gasteiger partial charge in [-0.15, -0.1) is 11.3 Å². The van der Waals surface area contributed by atoms with Crippen LogP contribution in [0.2, 0.25) is 0 Å². The number of rotatable bonds is 10. The molecule has 0 aliphatic heterocycles. The molecule has 41 heavy (non-hydrogen) atoms. The molecule has 0 saturated heterocycles. The molecule has 0 bridgehead atoms. The van der Waals surface area contributed by atoms with Crippen molar-refractivity contribution in [1.29, 1.82) is 5.26 Å². The Labute approximate surface area is 245 Å². The van der Waals surface area contributed by atoms with E-state index in [4.69, 9.17) is 14.2 Å². The summed E-state index contributed by atoms with van der Waals surface area (Å²) in [5, 5.41) is 13.1. The Morgan fingerprint density at radius 2 is 1.73 bits per heavy atom. The van der Waals surface area contributed by atoms with Crippen LogP contribution in [0.25, 0.3) is 6.08 Å². The number of nitrogens with zero attached hydrogens (tertiary/aromatic N) is 1. The number of hydrogen-bond acceptors (Lipinski definition) is 7. The lowest BCUT2D eigenvalue weighted by Gasteiger charge is -2.16. The van der Waals surface area contributed by atoms with Crippen LogP contribution in [0.3, 0.4) is 0 Å². The first-order valence-corrected chi connectivity index (χ1v) is 14.8. The Morgan fingerprint density at radius 1 is 1.00 bits per heavy atom. The van der Waals surface area contributed by atoms with E-state index in [-0.39, 0.29) is 12.2 Å². The normalized spacial score (nSPS) is 12.7. The summed E-state index contributed by atoms with van der Waals surface area (Å²) in [5.74, 6) is 0.0735. The molecular formula is C33H36N2O5S. The number of amides is 1. The van der Waals surface area contributed by atoms with Gasteiger partial charge >= 0.3 is 5.97 Å². The number of anilines is 1. The topological polar surface area (TPSA) is 97.7 Å². The SMILES string of the molecule is CCOC(=O)c1c(NC(=O)/C(C#N)=C/c2ccc(OCc3c(C)cc(C)cc3C)c(OCC)c2)sc2c1CCCC2. The predicted molar refractivity (Wildman–Crippen MR) is 162 cm³/mol. The van der Waals surface area contributed by atoms with E-state index in [0.717, 1.165) is 41.7 Å². The van der Waals surface area contributed by atoms with E-state index in [9.17, 15) is 14.9 Å². The number of fused-ring (bicyclic) bond motifs is 1. The van der Waals surface area contributed by atoms with Gasteiger partial charge in [-0.25, -0.2) is 4.79 Å². The van der Waals surface area contributed by atoms with Crippen LogP contribution in [0, 0.1) is 32.1 Å². The summed E-state index contributed by atoms with van der Waals surface area (Å²) in [6, 6.07) is 11.6. The first-order chi connectivity index (χ1) is 19.7. The fourth-order valence-corrected chi connectivity index (χ4v) is 6.42. The zero-order chi connectivity index (χ0) is 29.5. The van der Waals surface area contributed by atoms with Gasteiger partial charge < -0.3 is 19.5 Å². The lowest BCUT2D eigenvalue weighted by atomic mass is 9.95. The molecular weight excluding hydrogens is 536 g/mol. The molecule has 0 spiro atoms. The molecule has 1 amide bonds. The van der Waals surface area contributed by atoms with Gasteiger partial charge in [-0.3, -0.25) is 4.79 Å². The minimum atomic E-state index is -0.583. The lowest BCUT2D eigenvalue weighted by molar-refractivity contribution is -0.112. The molecule has 1 aliphatic rings. The minimum absolute atomic E-state index is 0.0896. The van der Waals surface area contributed by atoms with Gasteiger partial charge in [0.15, 0.2) is 11.5 Å². The fraction of sp³-hybridized carbons (Fsp3) is 0.364. The molecule has 0 saturated carbocycles. The van der Waals surface area contributed by atoms with E-state index >= 15 is 0 Å². The van der Waals surface area contributed by atoms with Crippen molar-refractivity contribution in [2.45, 2.75) is 66.9 Å². The maximum atomic E-state index is 13.2. The second-order valence-electron chi connectivity index (χ2n) is 10.1. The van der Waals surface area contributed by atoms with Crippen molar-refractivity contribution in [2.75, 3.05) is 18.5 Å². The predicted octanol–water partition coefficient (Wildman–Crippen LogP) is 7.25. The van der Waals surface area contributed by atoms with Crippen LogP contribution in [0.5, 0.6) is 11.5 Å². The number of esters is 1. The summed E-state index contributed by atoms with van der Waals surface area (Å²) in [7, 11) is 0. The fourth-order valence-electron chi connectivity index (χ4n) is 5.15. The number of ether oxygens (including phenoxy) is 3. The Bertz CT molecular complexity index is 1510. The molecule has 7 nitrogen and oxygen atoms in total. The summed E-state index contributed by atoms with van der Waals surface area (Å²) < 4.78 is 17.3. The van der Waals surface area contributed by atoms with Crippen molar-refractivity contribution >= 4 is 34.3 Å². The van der Waals surface area contributed by atoms with Gasteiger partial charge in [0.05, 0.1) is 18.8 Å². The van der Waals surface area contributed by atoms with Crippen LogP contribution in [-0.4, -0.2) is 25.1 Å². The molecule has 2 aromatic carbocycles. The largest absolute Gasteiger partial charge is 0.490 e. The Hall–Kier alpha value is -4.09. The van der Waals surface area contributed by atoms with Crippen molar-refractivity contribution in [3.8, 4) is 17.6 Å². The highest BCUT2D eigenvalue weighted by Gasteiger charge is 2.28. The van der Waals surface area contributed by atoms with E-state index < -0.39 is 11.9 Å². The van der Waals surface area contributed by atoms with Crippen molar-refractivity contribution in [2.24, 2.45) is 0 Å². The molecule has 1 N–H and O–H groups in total. The summed E-state index contributed by atoms with van der Waals surface area (Å²) >= 11 is 1.39. The first kappa shape index (κ1) is 29.9. The molecule has 1 aliphatic carbocycles. The molecule has 214 valence electrons. The van der Waals surface area contributed by atoms with Crippen molar-refractivity contribution in [1.82, 2.24) is 0 Å². The quantitative estimate of drug-likeness (QED) is 0.156. The van der Waals surface area contributed by atoms with E-state index in [0.29, 0.717) is 40.8 Å². The van der Waals surface area contributed by atoms with Crippen LogP contribution < -0.4 is 14.8 Å². The summed E-state index contributed by atoms with van der Waals surface area (Å²) in [5.41, 5.74) is 6.57. The maximum absolute atomic E-state index is 13.2. The highest BCUT2D eigenvalue weighted by Crippen LogP contribution is 2.39. The molecule has 0 radical (unpaired) electrons. The zero-order valence-corrected chi connectivity index (χ0v) is 25.1. The summed E-state index contributed by atoms with van der Waals surface area (Å²) in [4.78, 5) is 27.1. The van der Waals surface area contributed by atoms with Gasteiger partial charge in [0.1, 0.15) is 23.3 Å². The number of nitrogens with one attached hydrogen (secondary N) is 1. The Morgan fingerprint density at radius 3 is 2.41 bits per heavy atom. The van der Waals surface area contributed by atoms with E-state index in [1.807, 2.05) is 13.0 Å². The van der Waals surface area contributed by atoms with Crippen LogP contribution in [0.4, 0.5) is 5.00 Å². The highest BCUT2D eigenvalue weighted by atomic mass is 32.1.